The van der Waals surface area contributed by atoms with Crippen molar-refractivity contribution in [2.24, 2.45) is 0 Å². The molecule has 33 heavy (non-hydrogen) atoms. The van der Waals surface area contributed by atoms with Crippen molar-refractivity contribution in [1.29, 1.82) is 0 Å². The van der Waals surface area contributed by atoms with Crippen molar-refractivity contribution < 1.29 is 134 Å². The van der Waals surface area contributed by atoms with E-state index in [1.807, 2.05) is 0 Å². The Morgan fingerprint density at radius 2 is 1.64 bits per heavy atom. The third-order valence-electron chi connectivity index (χ3n) is 3.47. The summed E-state index contributed by atoms with van der Waals surface area (Å²) in [5.41, 5.74) is 4.84. The van der Waals surface area contributed by atoms with Gasteiger partial charge >= 0.3 is 66.9 Å². The molecule has 1 aliphatic rings. The quantitative estimate of drug-likeness (QED) is 0.157. The third-order valence-corrected chi connectivity index (χ3v) is 3.95. The van der Waals surface area contributed by atoms with Gasteiger partial charge in [0.15, 0.2) is 17.4 Å². The van der Waals surface area contributed by atoms with Crippen LogP contribution in [-0.2, 0) is 13.8 Å². The van der Waals surface area contributed by atoms with Crippen LogP contribution in [0.3, 0.4) is 0 Å². The maximum Gasteiger partial charge on any atom is 1.00 e. The number of aromatic amines is 1. The number of phosphoric acid groups is 1. The average molecular weight is 537 g/mol. The van der Waals surface area contributed by atoms with Gasteiger partial charge in [0.05, 0.1) is 12.9 Å². The molecule has 1 saturated heterocycles. The van der Waals surface area contributed by atoms with Crippen molar-refractivity contribution in [2.45, 2.75) is 24.5 Å². The predicted octanol–water partition coefficient (Wildman–Crippen LogP) is -14.1. The topological polar surface area (TPSA) is 427 Å². The molecule has 0 amide bonds. The van der Waals surface area contributed by atoms with Crippen molar-refractivity contribution in [2.75, 3.05) is 12.3 Å². The average Bonchev–Trinajstić information content (AvgIpc) is 3.00. The number of fused-ring (bicyclic) bond motifs is 1. The van der Waals surface area contributed by atoms with E-state index in [-0.39, 0.29) is 117 Å². The third kappa shape index (κ3) is 11.0. The molecule has 0 aromatic carbocycles. The monoisotopic (exact) mass is 537 g/mol. The van der Waals surface area contributed by atoms with Crippen LogP contribution in [0.4, 0.5) is 5.95 Å². The largest absolute Gasteiger partial charge is 1.00 e. The Labute approximate surface area is 231 Å². The number of aliphatic hydroxyl groups is 2. The number of nitrogens with one attached hydrogen (secondary N) is 1. The number of ether oxygens (including phenoxy) is 1. The second-order valence-corrected chi connectivity index (χ2v) is 6.35. The van der Waals surface area contributed by atoms with E-state index in [1.165, 1.54) is 10.9 Å². The van der Waals surface area contributed by atoms with Crippen LogP contribution in [0.15, 0.2) is 11.1 Å². The van der Waals surface area contributed by atoms with Crippen LogP contribution < -0.4 is 70.4 Å². The van der Waals surface area contributed by atoms with E-state index in [2.05, 4.69) is 19.5 Å². The summed E-state index contributed by atoms with van der Waals surface area (Å²) in [6, 6.07) is 0. The fourth-order valence-corrected chi connectivity index (χ4v) is 2.74. The van der Waals surface area contributed by atoms with Crippen LogP contribution in [0.25, 0.3) is 11.2 Å². The molecule has 20 nitrogen and oxygen atoms in total. The van der Waals surface area contributed by atoms with E-state index in [0.717, 1.165) is 0 Å². The second kappa shape index (κ2) is 19.1. The van der Waals surface area contributed by atoms with Crippen LogP contribution in [0.5, 0.6) is 0 Å². The standard InChI is InChI=1S/C10H14N5O8P.2Na.7H2O.2H/c11-10-13-7-4(8(18)14-10)12-2-15(7)9-6(17)5(16)3(23-9)1-22-24(19,20)21;;;;;;;;;;;/h2-3,5-6,9,16-17H,1H2,(H2,19,20,21)(H3,11,13,14,18);;;7*1H2;;/q;2*+1;;;;;;;;2*-1/t3-,5-,6-,9-;;;;;;;;;;;/m1.........../s1. The molecule has 2 aromatic rings. The zero-order valence-corrected chi connectivity index (χ0v) is 22.3. The van der Waals surface area contributed by atoms with E-state index in [0.29, 0.717) is 0 Å². The van der Waals surface area contributed by atoms with Crippen molar-refractivity contribution in [3.05, 3.63) is 16.7 Å². The van der Waals surface area contributed by atoms with Gasteiger partial charge in [-0.25, -0.2) is 9.55 Å². The van der Waals surface area contributed by atoms with Crippen LogP contribution in [-0.4, -0.2) is 103 Å². The number of phosphoric ester groups is 1. The molecule has 0 radical (unpaired) electrons. The van der Waals surface area contributed by atoms with Crippen molar-refractivity contribution in [3.63, 3.8) is 0 Å². The summed E-state index contributed by atoms with van der Waals surface area (Å²) in [6.45, 7) is -0.651. The molecule has 4 atom stereocenters. The Morgan fingerprint density at radius 3 is 2.12 bits per heavy atom. The first-order chi connectivity index (χ1) is 11.2. The minimum atomic E-state index is -4.76. The Morgan fingerprint density at radius 1 is 1.12 bits per heavy atom. The minimum Gasteiger partial charge on any atom is -1.00 e. The molecule has 21 N–H and O–H groups in total. The molecule has 1 fully saturated rings. The summed E-state index contributed by atoms with van der Waals surface area (Å²) in [5.74, 6) is -0.177. The fraction of sp³-hybridized carbons (Fsp3) is 0.500. The van der Waals surface area contributed by atoms with Crippen molar-refractivity contribution in [3.8, 4) is 0 Å². The predicted molar refractivity (Wildman–Crippen MR) is 104 cm³/mol. The molecule has 3 heterocycles. The number of rotatable bonds is 4. The number of nitrogens with two attached hydrogens (primary N) is 1. The normalized spacial score (nSPS) is 20.2. The smallest absolute Gasteiger partial charge is 1.00 e. The molecule has 0 aliphatic carbocycles. The molecule has 23 heteroatoms. The van der Waals surface area contributed by atoms with E-state index in [9.17, 15) is 19.6 Å². The number of nitrogen functional groups attached to an aromatic ring is 1. The Kier molecular flexibility index (Phi) is 28.9. The van der Waals surface area contributed by atoms with Gasteiger partial charge < -0.3 is 71.7 Å². The minimum absolute atomic E-state index is 0. The molecule has 0 bridgehead atoms. The van der Waals surface area contributed by atoms with E-state index in [4.69, 9.17) is 20.3 Å². The number of H-pyrrole nitrogens is 1. The number of anilines is 1. The summed E-state index contributed by atoms with van der Waals surface area (Å²) >= 11 is 0. The Hall–Kier alpha value is -0.140. The Bertz CT molecular complexity index is 891. The first kappa shape index (κ1) is 49.9. The number of imidazole rings is 1. The molecule has 2 aromatic heterocycles. The first-order valence-corrected chi connectivity index (χ1v) is 8.14. The summed E-state index contributed by atoms with van der Waals surface area (Å²) < 4.78 is 21.6. The molecule has 192 valence electrons. The zero-order valence-electron chi connectivity index (χ0n) is 19.4. The Balaban J connectivity index is -0.0000000878. The summed E-state index contributed by atoms with van der Waals surface area (Å²) in [4.78, 5) is 39.1. The molecule has 0 spiro atoms. The molecule has 1 aliphatic heterocycles. The molecule has 0 saturated carbocycles. The zero-order chi connectivity index (χ0) is 17.6. The van der Waals surface area contributed by atoms with Gasteiger partial charge in [0.1, 0.15) is 18.3 Å². The van der Waals surface area contributed by atoms with Gasteiger partial charge in [0.25, 0.3) is 5.56 Å². The molecule has 0 unspecified atom stereocenters. The molecular weight excluding hydrogens is 507 g/mol. The maximum atomic E-state index is 11.7. The maximum absolute atomic E-state index is 11.7. The van der Waals surface area contributed by atoms with E-state index < -0.39 is 44.5 Å². The van der Waals surface area contributed by atoms with Crippen LogP contribution in [0, 0.1) is 0 Å². The van der Waals surface area contributed by atoms with Gasteiger partial charge in [-0.1, -0.05) is 0 Å². The van der Waals surface area contributed by atoms with Gasteiger partial charge in [0, 0.05) is 0 Å². The van der Waals surface area contributed by atoms with Crippen LogP contribution in [0.1, 0.15) is 9.08 Å². The summed E-state index contributed by atoms with van der Waals surface area (Å²) in [6.07, 6.45) is -4.22. The van der Waals surface area contributed by atoms with Crippen molar-refractivity contribution in [1.82, 2.24) is 19.5 Å². The van der Waals surface area contributed by atoms with Crippen LogP contribution in [0.2, 0.25) is 0 Å². The van der Waals surface area contributed by atoms with Gasteiger partial charge in [0.2, 0.25) is 5.95 Å². The number of hydrogen-bond donors (Lipinski definition) is 6. The van der Waals surface area contributed by atoms with Gasteiger partial charge in [-0.3, -0.25) is 18.9 Å². The number of aromatic nitrogens is 4. The first-order valence-electron chi connectivity index (χ1n) is 6.61. The summed E-state index contributed by atoms with van der Waals surface area (Å²) in [7, 11) is -4.76. The summed E-state index contributed by atoms with van der Waals surface area (Å²) in [5, 5.41) is 20.1. The van der Waals surface area contributed by atoms with Gasteiger partial charge in [-0.2, -0.15) is 4.98 Å². The number of aliphatic hydroxyl groups excluding tert-OH is 2. The van der Waals surface area contributed by atoms with Gasteiger partial charge in [-0.05, 0) is 0 Å². The SMILES string of the molecule is Nc1nc2c(ncn2[C@@H]2O[C@H](COP(=O)(O)O)[C@@H](O)[C@H]2O)c(=O)[nH]1.O.O.O.O.O.O.O.[H-].[H-].[Na+].[Na+]. The molecule has 3 rings (SSSR count). The van der Waals surface area contributed by atoms with Gasteiger partial charge in [-0.15, -0.1) is 0 Å². The van der Waals surface area contributed by atoms with Crippen molar-refractivity contribution >= 4 is 24.9 Å². The molecular formula is C10H30N5Na2O15P. The van der Waals surface area contributed by atoms with E-state index >= 15 is 0 Å². The van der Waals surface area contributed by atoms with E-state index in [1.54, 1.807) is 0 Å². The number of hydrogen-bond acceptors (Lipinski definition) is 9. The van der Waals surface area contributed by atoms with Crippen LogP contribution >= 0.6 is 7.82 Å². The fourth-order valence-electron chi connectivity index (χ4n) is 2.40. The number of nitrogens with zero attached hydrogens (tertiary/aromatic N) is 3. The second-order valence-electron chi connectivity index (χ2n) is 5.11.